The molecule has 0 radical (unpaired) electrons. The topological polar surface area (TPSA) is 137 Å². The van der Waals surface area contributed by atoms with Gasteiger partial charge in [-0.15, -0.1) is 0 Å². The van der Waals surface area contributed by atoms with Crippen LogP contribution in [0.4, 0.5) is 31.1 Å². The normalized spacial score (nSPS) is 12.8. The molecule has 3 N–H and O–H groups in total. The number of hydrazone groups is 1. The number of aliphatic hydroxyl groups excluding tert-OH is 1. The minimum Gasteiger partial charge on any atom is -0.489 e. The molecular formula is C23H20F6N4O5. The van der Waals surface area contributed by atoms with Crippen LogP contribution in [0, 0.1) is 16.7 Å². The fourth-order valence-corrected chi connectivity index (χ4v) is 2.83. The van der Waals surface area contributed by atoms with Crippen LogP contribution in [0.5, 0.6) is 5.75 Å². The minimum absolute atomic E-state index is 0.0422. The monoisotopic (exact) mass is 546 g/mol. The predicted molar refractivity (Wildman–Crippen MR) is 119 cm³/mol. The summed E-state index contributed by atoms with van der Waals surface area (Å²) in [4.78, 5) is 11.3. The summed E-state index contributed by atoms with van der Waals surface area (Å²) >= 11 is 0. The van der Waals surface area contributed by atoms with E-state index in [1.165, 1.54) is 31.2 Å². The van der Waals surface area contributed by atoms with E-state index in [-0.39, 0.29) is 17.9 Å². The molecule has 2 aromatic rings. The Hall–Kier alpha value is -4.32. The lowest BCUT2D eigenvalue weighted by atomic mass is 10.0. The number of ether oxygens (including phenoxy) is 3. The SMILES string of the molecule is CC(N/N=C(/C#N)C(=N)c1cccc(OCc2cc(C(F)(F)F)ccc2C(F)(F)F)c1)OC(=O)OCCO. The largest absolute Gasteiger partial charge is 0.510 e. The smallest absolute Gasteiger partial charge is 0.489 e. The molecule has 0 fully saturated rings. The number of nitrogens with zero attached hydrogens (tertiary/aromatic N) is 2. The van der Waals surface area contributed by atoms with E-state index in [4.69, 9.17) is 20.0 Å². The molecular weight excluding hydrogens is 526 g/mol. The fourth-order valence-electron chi connectivity index (χ4n) is 2.83. The number of carbonyl (C=O) groups excluding carboxylic acids is 1. The summed E-state index contributed by atoms with van der Waals surface area (Å²) in [6.07, 6.45) is -12.0. The van der Waals surface area contributed by atoms with E-state index in [1.807, 2.05) is 0 Å². The Morgan fingerprint density at radius 1 is 1.16 bits per heavy atom. The molecule has 0 aliphatic heterocycles. The van der Waals surface area contributed by atoms with Crippen molar-refractivity contribution in [1.82, 2.24) is 5.43 Å². The van der Waals surface area contributed by atoms with Gasteiger partial charge in [0, 0.05) is 11.1 Å². The Balaban J connectivity index is 2.17. The summed E-state index contributed by atoms with van der Waals surface area (Å²) in [5.74, 6) is -0.0913. The average molecular weight is 546 g/mol. The Morgan fingerprint density at radius 2 is 1.87 bits per heavy atom. The first-order valence-corrected chi connectivity index (χ1v) is 10.5. The van der Waals surface area contributed by atoms with Crippen molar-refractivity contribution in [2.75, 3.05) is 13.2 Å². The summed E-state index contributed by atoms with van der Waals surface area (Å²) in [6, 6.07) is 7.85. The Bertz CT molecular complexity index is 1220. The first-order valence-electron chi connectivity index (χ1n) is 10.5. The third-order valence-corrected chi connectivity index (χ3v) is 4.54. The molecule has 2 rings (SSSR count). The van der Waals surface area contributed by atoms with Crippen LogP contribution >= 0.6 is 0 Å². The molecule has 204 valence electrons. The van der Waals surface area contributed by atoms with Gasteiger partial charge < -0.3 is 19.3 Å². The number of hydrogen-bond acceptors (Lipinski definition) is 9. The zero-order valence-electron chi connectivity index (χ0n) is 19.5. The van der Waals surface area contributed by atoms with Gasteiger partial charge in [-0.1, -0.05) is 12.1 Å². The molecule has 0 aliphatic carbocycles. The summed E-state index contributed by atoms with van der Waals surface area (Å²) in [5.41, 5.74) is -1.90. The predicted octanol–water partition coefficient (Wildman–Crippen LogP) is 4.63. The zero-order valence-corrected chi connectivity index (χ0v) is 19.5. The van der Waals surface area contributed by atoms with Crippen LogP contribution in [-0.2, 0) is 28.4 Å². The van der Waals surface area contributed by atoms with Crippen LogP contribution < -0.4 is 10.2 Å². The van der Waals surface area contributed by atoms with E-state index in [1.54, 1.807) is 6.07 Å². The quantitative estimate of drug-likeness (QED) is 0.130. The van der Waals surface area contributed by atoms with Gasteiger partial charge in [0.2, 0.25) is 0 Å². The number of carbonyl (C=O) groups is 1. The van der Waals surface area contributed by atoms with Crippen molar-refractivity contribution in [3.63, 3.8) is 0 Å². The number of aliphatic hydroxyl groups is 1. The van der Waals surface area contributed by atoms with Gasteiger partial charge in [-0.05, 0) is 37.3 Å². The number of benzene rings is 2. The molecule has 9 nitrogen and oxygen atoms in total. The van der Waals surface area contributed by atoms with Crippen LogP contribution in [0.3, 0.4) is 0 Å². The van der Waals surface area contributed by atoms with Crippen LogP contribution in [0.2, 0.25) is 0 Å². The highest BCUT2D eigenvalue weighted by Gasteiger charge is 2.37. The Morgan fingerprint density at radius 3 is 2.47 bits per heavy atom. The van der Waals surface area contributed by atoms with Crippen molar-refractivity contribution in [2.24, 2.45) is 5.10 Å². The molecule has 1 unspecified atom stereocenters. The summed E-state index contributed by atoms with van der Waals surface area (Å²) < 4.78 is 93.4. The van der Waals surface area contributed by atoms with Gasteiger partial charge in [0.05, 0.1) is 23.4 Å². The first-order chi connectivity index (χ1) is 17.8. The van der Waals surface area contributed by atoms with Gasteiger partial charge in [0.15, 0.2) is 11.9 Å². The van der Waals surface area contributed by atoms with Crippen LogP contribution in [0.1, 0.15) is 29.2 Å². The van der Waals surface area contributed by atoms with E-state index in [2.05, 4.69) is 15.3 Å². The van der Waals surface area contributed by atoms with Gasteiger partial charge in [0.1, 0.15) is 25.0 Å². The molecule has 1 atom stereocenters. The summed E-state index contributed by atoms with van der Waals surface area (Å²) in [6.45, 7) is -0.249. The molecule has 0 aliphatic rings. The molecule has 15 heteroatoms. The highest BCUT2D eigenvalue weighted by molar-refractivity contribution is 6.52. The van der Waals surface area contributed by atoms with E-state index in [0.717, 1.165) is 0 Å². The molecule has 0 saturated heterocycles. The number of halogens is 6. The lowest BCUT2D eigenvalue weighted by Crippen LogP contribution is -2.30. The molecule has 0 saturated carbocycles. The van der Waals surface area contributed by atoms with Gasteiger partial charge in [-0.3, -0.25) is 10.8 Å². The number of hydrogen-bond donors (Lipinski definition) is 3. The zero-order chi connectivity index (χ0) is 28.5. The van der Waals surface area contributed by atoms with Crippen LogP contribution in [0.25, 0.3) is 0 Å². The molecule has 0 spiro atoms. The van der Waals surface area contributed by atoms with Gasteiger partial charge >= 0.3 is 18.5 Å². The van der Waals surface area contributed by atoms with Crippen molar-refractivity contribution in [1.29, 1.82) is 10.7 Å². The molecule has 2 aromatic carbocycles. The Kier molecular flexibility index (Phi) is 10.1. The lowest BCUT2D eigenvalue weighted by Gasteiger charge is -2.16. The van der Waals surface area contributed by atoms with Crippen molar-refractivity contribution in [3.8, 4) is 11.8 Å². The highest BCUT2D eigenvalue weighted by Crippen LogP contribution is 2.37. The van der Waals surface area contributed by atoms with Crippen molar-refractivity contribution in [3.05, 3.63) is 64.7 Å². The van der Waals surface area contributed by atoms with Crippen molar-refractivity contribution < 1.29 is 50.5 Å². The maximum Gasteiger partial charge on any atom is 0.510 e. The van der Waals surface area contributed by atoms with Crippen molar-refractivity contribution >= 4 is 17.6 Å². The first kappa shape index (κ1) is 29.9. The number of nitrogens with one attached hydrogen (secondary N) is 2. The third kappa shape index (κ3) is 8.66. The van der Waals surface area contributed by atoms with Gasteiger partial charge in [0.25, 0.3) is 0 Å². The second-order valence-electron chi connectivity index (χ2n) is 7.34. The molecule has 38 heavy (non-hydrogen) atoms. The number of alkyl halides is 6. The highest BCUT2D eigenvalue weighted by atomic mass is 19.4. The molecule has 0 bridgehead atoms. The fraction of sp³-hybridized carbons (Fsp3) is 0.304. The van der Waals surface area contributed by atoms with Gasteiger partial charge in [-0.2, -0.15) is 36.7 Å². The van der Waals surface area contributed by atoms with Gasteiger partial charge in [-0.25, -0.2) is 4.79 Å². The standard InChI is InChI=1S/C23H20F6N4O5/c1-13(38-21(35)36-8-7-34)32-33-19(11-30)20(31)14-3-2-4-17(10-14)37-12-15-9-16(22(24,25)26)5-6-18(15)23(27,28)29/h2-6,9-10,13,31-32,34H,7-8,12H2,1H3/b31-20?,33-19-. The number of nitriles is 1. The second-order valence-corrected chi connectivity index (χ2v) is 7.34. The third-order valence-electron chi connectivity index (χ3n) is 4.54. The van der Waals surface area contributed by atoms with Crippen molar-refractivity contribution in [2.45, 2.75) is 32.1 Å². The molecule has 0 heterocycles. The van der Waals surface area contributed by atoms with E-state index in [0.29, 0.717) is 18.2 Å². The second kappa shape index (κ2) is 12.8. The van der Waals surface area contributed by atoms with E-state index < -0.39 is 66.1 Å². The average Bonchev–Trinajstić information content (AvgIpc) is 2.85. The molecule has 0 aromatic heterocycles. The van der Waals surface area contributed by atoms with E-state index in [9.17, 15) is 36.4 Å². The van der Waals surface area contributed by atoms with Crippen LogP contribution in [-0.4, -0.2) is 42.1 Å². The lowest BCUT2D eigenvalue weighted by molar-refractivity contribution is -0.142. The minimum atomic E-state index is -4.92. The summed E-state index contributed by atoms with van der Waals surface area (Å²) in [5, 5.41) is 29.8. The summed E-state index contributed by atoms with van der Waals surface area (Å²) in [7, 11) is 0. The molecule has 0 amide bonds. The Labute approximate surface area is 211 Å². The maximum atomic E-state index is 13.3. The maximum absolute atomic E-state index is 13.3. The van der Waals surface area contributed by atoms with Crippen LogP contribution in [0.15, 0.2) is 47.6 Å². The number of rotatable bonds is 10. The van der Waals surface area contributed by atoms with E-state index >= 15 is 0 Å².